The van der Waals surface area contributed by atoms with Gasteiger partial charge in [0.25, 0.3) is 0 Å². The van der Waals surface area contributed by atoms with E-state index in [2.05, 4.69) is 31.9 Å². The first kappa shape index (κ1) is 16.0. The lowest BCUT2D eigenvalue weighted by molar-refractivity contribution is 0.982. The first-order valence-corrected chi connectivity index (χ1v) is 7.60. The van der Waals surface area contributed by atoms with Crippen LogP contribution in [0.1, 0.15) is 5.56 Å². The fourth-order valence-electron chi connectivity index (χ4n) is 1.97. The number of halogens is 2. The predicted molar refractivity (Wildman–Crippen MR) is 94.0 cm³/mol. The normalized spacial score (nSPS) is 10.0. The zero-order valence-corrected chi connectivity index (χ0v) is 13.7. The van der Waals surface area contributed by atoms with Crippen LogP contribution in [0.4, 0.5) is 23.1 Å². The first-order valence-electron chi connectivity index (χ1n) is 6.84. The van der Waals surface area contributed by atoms with Gasteiger partial charge in [-0.3, -0.25) is 0 Å². The van der Waals surface area contributed by atoms with E-state index in [0.29, 0.717) is 32.8 Å². The molecule has 1 heterocycles. The van der Waals surface area contributed by atoms with Crippen molar-refractivity contribution in [1.82, 2.24) is 15.2 Å². The highest BCUT2D eigenvalue weighted by Gasteiger charge is 2.08. The molecule has 3 rings (SSSR count). The fourth-order valence-corrected chi connectivity index (χ4v) is 2.31. The molecule has 3 aromatic rings. The summed E-state index contributed by atoms with van der Waals surface area (Å²) >= 11 is 12.1. The van der Waals surface area contributed by atoms with Crippen molar-refractivity contribution >= 4 is 46.3 Å². The lowest BCUT2D eigenvalue weighted by Gasteiger charge is -2.10. The van der Waals surface area contributed by atoms with Gasteiger partial charge in [0, 0.05) is 0 Å². The molecule has 8 heteroatoms. The Bertz CT molecular complexity index is 922. The van der Waals surface area contributed by atoms with E-state index in [-0.39, 0.29) is 5.95 Å². The van der Waals surface area contributed by atoms with Gasteiger partial charge < -0.3 is 10.6 Å². The average Bonchev–Trinajstić information content (AvgIpc) is 2.60. The molecule has 0 unspecified atom stereocenters. The number of anilines is 4. The molecule has 6 nitrogen and oxygen atoms in total. The molecule has 1 aromatic heterocycles. The quantitative estimate of drug-likeness (QED) is 0.713. The maximum Gasteiger partial charge on any atom is 0.249 e. The van der Waals surface area contributed by atoms with Gasteiger partial charge in [-0.25, -0.2) is 0 Å². The topological polar surface area (TPSA) is 86.5 Å². The van der Waals surface area contributed by atoms with E-state index in [4.69, 9.17) is 28.5 Å². The molecule has 0 spiro atoms. The van der Waals surface area contributed by atoms with Gasteiger partial charge in [0.1, 0.15) is 6.07 Å². The summed E-state index contributed by atoms with van der Waals surface area (Å²) < 4.78 is 0. The smallest absolute Gasteiger partial charge is 0.249 e. The molecule has 0 bridgehead atoms. The van der Waals surface area contributed by atoms with E-state index in [1.165, 1.54) is 6.20 Å². The van der Waals surface area contributed by atoms with Crippen molar-refractivity contribution in [2.24, 2.45) is 0 Å². The van der Waals surface area contributed by atoms with Crippen molar-refractivity contribution in [2.75, 3.05) is 10.6 Å². The van der Waals surface area contributed by atoms with Gasteiger partial charge >= 0.3 is 0 Å². The molecule has 24 heavy (non-hydrogen) atoms. The first-order chi connectivity index (χ1) is 11.7. The Morgan fingerprint density at radius 3 is 2.58 bits per heavy atom. The summed E-state index contributed by atoms with van der Waals surface area (Å²) in [7, 11) is 0. The fraction of sp³-hybridized carbons (Fsp3) is 0. The third-order valence-corrected chi connectivity index (χ3v) is 3.89. The largest absolute Gasteiger partial charge is 0.338 e. The third-order valence-electron chi connectivity index (χ3n) is 3.07. The van der Waals surface area contributed by atoms with Gasteiger partial charge in [0.05, 0.1) is 33.2 Å². The highest BCUT2D eigenvalue weighted by molar-refractivity contribution is 6.43. The van der Waals surface area contributed by atoms with Crippen LogP contribution in [0.5, 0.6) is 0 Å². The van der Waals surface area contributed by atoms with Gasteiger partial charge in [-0.05, 0) is 24.3 Å². The summed E-state index contributed by atoms with van der Waals surface area (Å²) in [5.74, 6) is 0.687. The average molecular weight is 357 g/mol. The zero-order valence-electron chi connectivity index (χ0n) is 12.2. The molecule has 118 valence electrons. The monoisotopic (exact) mass is 356 g/mol. The van der Waals surface area contributed by atoms with E-state index in [9.17, 15) is 0 Å². The Balaban J connectivity index is 1.84. The molecule has 0 aliphatic carbocycles. The molecular formula is C16H10Cl2N6. The molecule has 2 N–H and O–H groups in total. The van der Waals surface area contributed by atoms with E-state index < -0.39 is 0 Å². The second kappa shape index (κ2) is 7.13. The molecule has 0 aliphatic heterocycles. The Hall–Kier alpha value is -2.88. The number of nitriles is 1. The lowest BCUT2D eigenvalue weighted by atomic mass is 10.2. The Morgan fingerprint density at radius 2 is 1.75 bits per heavy atom. The molecule has 0 atom stereocenters. The zero-order chi connectivity index (χ0) is 16.9. The minimum atomic E-state index is 0.251. The molecule has 0 aliphatic rings. The number of benzene rings is 2. The number of hydrogen-bond acceptors (Lipinski definition) is 6. The van der Waals surface area contributed by atoms with Gasteiger partial charge in [-0.2, -0.15) is 15.3 Å². The molecule has 0 saturated heterocycles. The van der Waals surface area contributed by atoms with Crippen LogP contribution < -0.4 is 10.6 Å². The molecule has 0 saturated carbocycles. The maximum absolute atomic E-state index is 9.12. The molecule has 0 fully saturated rings. The summed E-state index contributed by atoms with van der Waals surface area (Å²) in [6.07, 6.45) is 1.46. The minimum absolute atomic E-state index is 0.251. The molecule has 0 radical (unpaired) electrons. The summed E-state index contributed by atoms with van der Waals surface area (Å²) in [5.41, 5.74) is 1.69. The van der Waals surface area contributed by atoms with Crippen LogP contribution in [-0.2, 0) is 0 Å². The van der Waals surface area contributed by atoms with Crippen LogP contribution in [-0.4, -0.2) is 15.2 Å². The second-order valence-corrected chi connectivity index (χ2v) is 5.46. The number of aromatic nitrogens is 3. The van der Waals surface area contributed by atoms with E-state index in [1.54, 1.807) is 36.4 Å². The molecule has 2 aromatic carbocycles. The Morgan fingerprint density at radius 1 is 0.958 bits per heavy atom. The predicted octanol–water partition coefficient (Wildman–Crippen LogP) is 4.54. The van der Waals surface area contributed by atoms with Gasteiger partial charge in [-0.15, -0.1) is 5.10 Å². The second-order valence-electron chi connectivity index (χ2n) is 4.67. The van der Waals surface area contributed by atoms with Crippen LogP contribution in [0.2, 0.25) is 10.0 Å². The number of nitrogens with zero attached hydrogens (tertiary/aromatic N) is 4. The van der Waals surface area contributed by atoms with Crippen LogP contribution in [0.25, 0.3) is 0 Å². The van der Waals surface area contributed by atoms with Crippen LogP contribution in [0, 0.1) is 11.3 Å². The van der Waals surface area contributed by atoms with Crippen molar-refractivity contribution in [3.05, 3.63) is 64.3 Å². The van der Waals surface area contributed by atoms with Gasteiger partial charge in [-0.1, -0.05) is 41.4 Å². The van der Waals surface area contributed by atoms with Crippen molar-refractivity contribution in [3.8, 4) is 6.07 Å². The lowest BCUT2D eigenvalue weighted by Crippen LogP contribution is -2.03. The summed E-state index contributed by atoms with van der Waals surface area (Å²) in [6.45, 7) is 0. The molecular weight excluding hydrogens is 347 g/mol. The number of para-hydroxylation sites is 1. The SMILES string of the molecule is N#Cc1ccccc1Nc1nncc(Nc2cccc(Cl)c2Cl)n1. The van der Waals surface area contributed by atoms with Crippen LogP contribution >= 0.6 is 23.2 Å². The van der Waals surface area contributed by atoms with Crippen molar-refractivity contribution in [2.45, 2.75) is 0 Å². The van der Waals surface area contributed by atoms with E-state index >= 15 is 0 Å². The minimum Gasteiger partial charge on any atom is -0.338 e. The number of hydrogen-bond donors (Lipinski definition) is 2. The summed E-state index contributed by atoms with van der Waals surface area (Å²) in [5, 5.41) is 23.7. The standard InChI is InChI=1S/C16H10Cl2N6/c17-11-5-3-7-13(15(11)18)21-14-9-20-24-16(23-14)22-12-6-2-1-4-10(12)8-19/h1-7,9H,(H2,21,22,23,24). The van der Waals surface area contributed by atoms with E-state index in [1.807, 2.05) is 6.07 Å². The van der Waals surface area contributed by atoms with Crippen molar-refractivity contribution in [1.29, 1.82) is 5.26 Å². The number of rotatable bonds is 4. The van der Waals surface area contributed by atoms with Crippen LogP contribution in [0.15, 0.2) is 48.7 Å². The van der Waals surface area contributed by atoms with E-state index in [0.717, 1.165) is 0 Å². The highest BCUT2D eigenvalue weighted by Crippen LogP contribution is 2.31. The van der Waals surface area contributed by atoms with Gasteiger partial charge in [0.2, 0.25) is 5.95 Å². The van der Waals surface area contributed by atoms with Crippen molar-refractivity contribution < 1.29 is 0 Å². The van der Waals surface area contributed by atoms with Crippen LogP contribution in [0.3, 0.4) is 0 Å². The summed E-state index contributed by atoms with van der Waals surface area (Å²) in [6, 6.07) is 14.4. The Labute approximate surface area is 148 Å². The van der Waals surface area contributed by atoms with Crippen molar-refractivity contribution in [3.63, 3.8) is 0 Å². The summed E-state index contributed by atoms with van der Waals surface area (Å²) in [4.78, 5) is 4.30. The third kappa shape index (κ3) is 3.54. The maximum atomic E-state index is 9.12. The number of nitrogens with one attached hydrogen (secondary N) is 2. The Kier molecular flexibility index (Phi) is 4.75. The van der Waals surface area contributed by atoms with Gasteiger partial charge in [0.15, 0.2) is 5.82 Å². The highest BCUT2D eigenvalue weighted by atomic mass is 35.5. The molecule has 0 amide bonds.